The van der Waals surface area contributed by atoms with Crippen LogP contribution in [-0.2, 0) is 0 Å². The molecule has 0 rings (SSSR count). The second kappa shape index (κ2) is 12.9. The Morgan fingerprint density at radius 2 is 1.28 bits per heavy atom. The van der Waals surface area contributed by atoms with Crippen molar-refractivity contribution in [2.24, 2.45) is 0 Å². The Kier molecular flexibility index (Phi) is 13.5. The molecule has 0 aromatic heterocycles. The lowest BCUT2D eigenvalue weighted by Crippen LogP contribution is -2.36. The van der Waals surface area contributed by atoms with E-state index < -0.39 is 19.0 Å². The molecule has 0 aromatic rings. The fraction of sp³-hybridized carbons (Fsp3) is 0.889. The molecule has 2 N–H and O–H groups in total. The van der Waals surface area contributed by atoms with Crippen molar-refractivity contribution in [3.8, 4) is 0 Å². The van der Waals surface area contributed by atoms with Crippen LogP contribution in [0.4, 0.5) is 4.79 Å². The number of halogens is 4. The first kappa shape index (κ1) is 18.9. The van der Waals surface area contributed by atoms with Crippen molar-refractivity contribution < 1.29 is 4.79 Å². The summed E-state index contributed by atoms with van der Waals surface area (Å²) in [5.74, 6) is 0. The van der Waals surface area contributed by atoms with Crippen LogP contribution in [-0.4, -0.2) is 47.1 Å². The van der Waals surface area contributed by atoms with Crippen molar-refractivity contribution in [2.75, 3.05) is 13.1 Å². The summed E-state index contributed by atoms with van der Waals surface area (Å²) in [6.45, 7) is 1.36. The van der Waals surface area contributed by atoms with Gasteiger partial charge in [-0.25, -0.2) is 4.79 Å². The second-order valence-corrected chi connectivity index (χ2v) is 12.8. The van der Waals surface area contributed by atoms with E-state index in [1.807, 2.05) is 0 Å². The SMILES string of the molecule is O=C(NCCC[SiH2]C(Cl)Cl)NCCC[SiH2]C(Cl)Cl. The molecule has 0 fully saturated rings. The minimum atomic E-state index is -0.391. The molecular formula is C9H20Cl4N2OSi2. The number of alkyl halides is 4. The molecule has 108 valence electrons. The number of rotatable bonds is 10. The zero-order valence-corrected chi connectivity index (χ0v) is 16.1. The van der Waals surface area contributed by atoms with Crippen LogP contribution < -0.4 is 10.6 Å². The van der Waals surface area contributed by atoms with Crippen LogP contribution >= 0.6 is 46.4 Å². The first-order chi connectivity index (χ1) is 8.52. The molecule has 0 unspecified atom stereocenters. The molecule has 0 atom stereocenters. The maximum atomic E-state index is 11.3. The highest BCUT2D eigenvalue weighted by atomic mass is 35.5. The maximum Gasteiger partial charge on any atom is 0.314 e. The Bertz CT molecular complexity index is 203. The summed E-state index contributed by atoms with van der Waals surface area (Å²) in [5, 5.41) is 5.60. The highest BCUT2D eigenvalue weighted by Crippen LogP contribution is 2.03. The molecular weight excluding hydrogens is 350 g/mol. The van der Waals surface area contributed by atoms with Crippen molar-refractivity contribution in [3.05, 3.63) is 0 Å². The van der Waals surface area contributed by atoms with Crippen LogP contribution in [0.1, 0.15) is 12.8 Å². The Morgan fingerprint density at radius 3 is 1.61 bits per heavy atom. The lowest BCUT2D eigenvalue weighted by atomic mass is 10.4. The standard InChI is InChI=1S/C9H20Cl4N2OSi2/c10-7(11)17-5-1-3-14-9(16)15-4-2-6-18-8(12)13/h7-8H,1-6,17-18H2,(H2,14,15,16). The van der Waals surface area contributed by atoms with Crippen molar-refractivity contribution in [1.29, 1.82) is 0 Å². The van der Waals surface area contributed by atoms with Gasteiger partial charge in [0.25, 0.3) is 0 Å². The summed E-state index contributed by atoms with van der Waals surface area (Å²) in [6, 6.07) is 1.99. The lowest BCUT2D eigenvalue weighted by Gasteiger charge is -2.07. The fourth-order valence-corrected chi connectivity index (χ4v) is 4.86. The normalized spacial score (nSPS) is 12.3. The van der Waals surface area contributed by atoms with E-state index in [1.165, 1.54) is 0 Å². The molecule has 0 aliphatic heterocycles. The number of hydrogen-bond donors (Lipinski definition) is 2. The third kappa shape index (κ3) is 14.9. The predicted molar refractivity (Wildman–Crippen MR) is 88.3 cm³/mol. The quantitative estimate of drug-likeness (QED) is 0.344. The van der Waals surface area contributed by atoms with Crippen LogP contribution in [0.15, 0.2) is 0 Å². The number of nitrogens with one attached hydrogen (secondary N) is 2. The van der Waals surface area contributed by atoms with E-state index >= 15 is 0 Å². The molecule has 3 nitrogen and oxygen atoms in total. The van der Waals surface area contributed by atoms with Crippen LogP contribution in [0.2, 0.25) is 12.1 Å². The van der Waals surface area contributed by atoms with Gasteiger partial charge >= 0.3 is 6.03 Å². The smallest absolute Gasteiger partial charge is 0.314 e. The largest absolute Gasteiger partial charge is 0.338 e. The van der Waals surface area contributed by atoms with E-state index in [1.54, 1.807) is 0 Å². The summed E-state index contributed by atoms with van der Waals surface area (Å²) in [5.41, 5.74) is 0. The van der Waals surface area contributed by atoms with E-state index in [-0.39, 0.29) is 15.0 Å². The summed E-state index contributed by atoms with van der Waals surface area (Å²) < 4.78 is -0.341. The molecule has 0 saturated carbocycles. The van der Waals surface area contributed by atoms with Crippen LogP contribution in [0.5, 0.6) is 0 Å². The van der Waals surface area contributed by atoms with Crippen molar-refractivity contribution in [3.63, 3.8) is 0 Å². The molecule has 0 radical (unpaired) electrons. The lowest BCUT2D eigenvalue weighted by molar-refractivity contribution is 0.241. The van der Waals surface area contributed by atoms with Crippen molar-refractivity contribution in [2.45, 2.75) is 33.8 Å². The van der Waals surface area contributed by atoms with Gasteiger partial charge in [-0.2, -0.15) is 0 Å². The number of hydrogen-bond acceptors (Lipinski definition) is 1. The van der Waals surface area contributed by atoms with Gasteiger partial charge in [-0.3, -0.25) is 0 Å². The maximum absolute atomic E-state index is 11.3. The highest BCUT2D eigenvalue weighted by molar-refractivity contribution is 6.69. The predicted octanol–water partition coefficient (Wildman–Crippen LogP) is 1.76. The zero-order chi connectivity index (χ0) is 13.8. The zero-order valence-electron chi connectivity index (χ0n) is 10.2. The summed E-state index contributed by atoms with van der Waals surface area (Å²) >= 11 is 22.6. The molecule has 0 bridgehead atoms. The molecule has 0 aliphatic rings. The Morgan fingerprint density at radius 1 is 0.889 bits per heavy atom. The number of carbonyl (C=O) groups excluding carboxylic acids is 1. The summed E-state index contributed by atoms with van der Waals surface area (Å²) in [4.78, 5) is 11.3. The van der Waals surface area contributed by atoms with Crippen LogP contribution in [0.25, 0.3) is 0 Å². The van der Waals surface area contributed by atoms with Gasteiger partial charge in [-0.15, -0.1) is 46.4 Å². The van der Waals surface area contributed by atoms with Gasteiger partial charge < -0.3 is 10.6 Å². The molecule has 0 spiro atoms. The van der Waals surface area contributed by atoms with Gasteiger partial charge in [0.05, 0.1) is 28.0 Å². The van der Waals surface area contributed by atoms with Gasteiger partial charge in [0, 0.05) is 13.1 Å². The first-order valence-corrected chi connectivity index (χ1v) is 11.5. The van der Waals surface area contributed by atoms with Gasteiger partial charge in [0.1, 0.15) is 0 Å². The first-order valence-electron chi connectivity index (χ1n) is 6.10. The van der Waals surface area contributed by atoms with E-state index in [2.05, 4.69) is 10.6 Å². The molecule has 0 heterocycles. The highest BCUT2D eigenvalue weighted by Gasteiger charge is 2.02. The van der Waals surface area contributed by atoms with Gasteiger partial charge in [-0.05, 0) is 12.8 Å². The average molecular weight is 370 g/mol. The molecule has 0 saturated heterocycles. The Balaban J connectivity index is 3.22. The fourth-order valence-electron chi connectivity index (χ4n) is 1.31. The van der Waals surface area contributed by atoms with E-state index in [0.29, 0.717) is 13.1 Å². The Labute approximate surface area is 133 Å². The van der Waals surface area contributed by atoms with E-state index in [9.17, 15) is 4.79 Å². The molecule has 18 heavy (non-hydrogen) atoms. The van der Waals surface area contributed by atoms with Crippen molar-refractivity contribution in [1.82, 2.24) is 10.6 Å². The van der Waals surface area contributed by atoms with Crippen LogP contribution in [0.3, 0.4) is 0 Å². The van der Waals surface area contributed by atoms with Gasteiger partial charge in [-0.1, -0.05) is 12.1 Å². The van der Waals surface area contributed by atoms with Crippen LogP contribution in [0, 0.1) is 0 Å². The van der Waals surface area contributed by atoms with E-state index in [0.717, 1.165) is 24.9 Å². The number of amides is 2. The minimum absolute atomic E-state index is 0.111. The summed E-state index contributed by atoms with van der Waals surface area (Å²) in [7, 11) is -0.781. The molecule has 9 heteroatoms. The average Bonchev–Trinajstić information content (AvgIpc) is 2.27. The number of carbonyl (C=O) groups is 1. The second-order valence-electron chi connectivity index (χ2n) is 3.96. The third-order valence-corrected chi connectivity index (χ3v) is 7.58. The van der Waals surface area contributed by atoms with Crippen molar-refractivity contribution >= 4 is 71.5 Å². The van der Waals surface area contributed by atoms with E-state index in [4.69, 9.17) is 46.4 Å². The molecule has 0 aromatic carbocycles. The Hall–Kier alpha value is 0.864. The van der Waals surface area contributed by atoms with Gasteiger partial charge in [0.15, 0.2) is 0 Å². The third-order valence-electron chi connectivity index (χ3n) is 2.27. The number of urea groups is 1. The van der Waals surface area contributed by atoms with Gasteiger partial charge in [0.2, 0.25) is 0 Å². The monoisotopic (exact) mass is 368 g/mol. The minimum Gasteiger partial charge on any atom is -0.338 e. The molecule has 2 amide bonds. The molecule has 0 aliphatic carbocycles. The summed E-state index contributed by atoms with van der Waals surface area (Å²) in [6.07, 6.45) is 1.89. The topological polar surface area (TPSA) is 41.1 Å².